The molecule has 2 heteroatoms. The first-order valence-corrected chi connectivity index (χ1v) is 21.0. The molecule has 290 valence electrons. The second kappa shape index (κ2) is 14.9. The number of hydrogen-bond donors (Lipinski definition) is 0. The molecule has 0 radical (unpaired) electrons. The molecular formula is C58H48N2. The molecule has 2 nitrogen and oxygen atoms in total. The minimum Gasteiger partial charge on any atom is -0.309 e. The van der Waals surface area contributed by atoms with Gasteiger partial charge in [-0.3, -0.25) is 0 Å². The molecule has 0 N–H and O–H groups in total. The molecule has 0 amide bonds. The standard InChI is InChI=1S/C58H48N2/c1-37-17-13-15-23-51(37)59(57-39(3)25-31-47(41(57)5)43-19-9-7-10-20-43)53-35-29-45-28-34-50-54(36-30-46-27-33-49(53)55(45)56(46)50)60(52-24-16-14-18-38(52)2)58-40(4)26-32-48(42(58)6)44-21-11-8-12-22-44/h7-36H,1-6H3. The van der Waals surface area contributed by atoms with Crippen LogP contribution in [0.3, 0.4) is 0 Å². The average Bonchev–Trinajstić information content (AvgIpc) is 3.27. The van der Waals surface area contributed by atoms with Gasteiger partial charge in [0.05, 0.1) is 22.7 Å². The van der Waals surface area contributed by atoms with E-state index in [2.05, 4.69) is 233 Å². The van der Waals surface area contributed by atoms with Gasteiger partial charge in [0.1, 0.15) is 0 Å². The van der Waals surface area contributed by atoms with E-state index in [-0.39, 0.29) is 0 Å². The highest BCUT2D eigenvalue weighted by Gasteiger charge is 2.26. The largest absolute Gasteiger partial charge is 0.309 e. The van der Waals surface area contributed by atoms with E-state index in [0.29, 0.717) is 0 Å². The summed E-state index contributed by atoms with van der Waals surface area (Å²) in [6.07, 6.45) is 0. The van der Waals surface area contributed by atoms with Gasteiger partial charge in [-0.1, -0.05) is 158 Å². The van der Waals surface area contributed by atoms with Crippen LogP contribution in [-0.2, 0) is 0 Å². The Morgan fingerprint density at radius 1 is 0.283 bits per heavy atom. The first kappa shape index (κ1) is 37.1. The predicted octanol–water partition coefficient (Wildman–Crippen LogP) is 16.7. The molecule has 0 bridgehead atoms. The van der Waals surface area contributed by atoms with Crippen LogP contribution in [0, 0.1) is 41.5 Å². The first-order chi connectivity index (χ1) is 29.3. The van der Waals surface area contributed by atoms with Crippen LogP contribution in [0.2, 0.25) is 0 Å². The lowest BCUT2D eigenvalue weighted by atomic mass is 9.90. The van der Waals surface area contributed by atoms with Crippen LogP contribution in [0.15, 0.2) is 182 Å². The van der Waals surface area contributed by atoms with Gasteiger partial charge in [-0.2, -0.15) is 0 Å². The third-order valence-corrected chi connectivity index (χ3v) is 12.7. The Balaban J connectivity index is 1.26. The Morgan fingerprint density at radius 3 is 1.05 bits per heavy atom. The van der Waals surface area contributed by atoms with Gasteiger partial charge in [-0.25, -0.2) is 0 Å². The van der Waals surface area contributed by atoms with Crippen molar-refractivity contribution in [3.8, 4) is 22.3 Å². The van der Waals surface area contributed by atoms with Crippen molar-refractivity contribution in [1.29, 1.82) is 0 Å². The SMILES string of the molecule is Cc1ccccc1N(c1c(C)ccc(-c2ccccc2)c1C)c1ccc2ccc3c(N(c4ccccc4C)c4c(C)ccc(-c5ccccc5)c4C)ccc4ccc1c2c43. The van der Waals surface area contributed by atoms with E-state index in [9.17, 15) is 0 Å². The van der Waals surface area contributed by atoms with Gasteiger partial charge in [0, 0.05) is 22.1 Å². The Hall–Kier alpha value is -7.16. The van der Waals surface area contributed by atoms with Crippen LogP contribution in [0.1, 0.15) is 33.4 Å². The fraction of sp³-hybridized carbons (Fsp3) is 0.103. The molecule has 0 aliphatic rings. The normalized spacial score (nSPS) is 11.5. The van der Waals surface area contributed by atoms with Crippen molar-refractivity contribution in [2.45, 2.75) is 41.5 Å². The molecule has 0 spiro atoms. The third-order valence-electron chi connectivity index (χ3n) is 12.7. The van der Waals surface area contributed by atoms with Crippen molar-refractivity contribution >= 4 is 66.4 Å². The summed E-state index contributed by atoms with van der Waals surface area (Å²) in [5, 5.41) is 7.51. The highest BCUT2D eigenvalue weighted by atomic mass is 15.2. The molecule has 60 heavy (non-hydrogen) atoms. The Bertz CT molecular complexity index is 3000. The van der Waals surface area contributed by atoms with E-state index < -0.39 is 0 Å². The Labute approximate surface area is 354 Å². The van der Waals surface area contributed by atoms with Gasteiger partial charge < -0.3 is 9.80 Å². The zero-order valence-electron chi connectivity index (χ0n) is 35.2. The summed E-state index contributed by atoms with van der Waals surface area (Å²) in [5.74, 6) is 0. The van der Waals surface area contributed by atoms with Gasteiger partial charge in [-0.05, 0) is 143 Å². The lowest BCUT2D eigenvalue weighted by Gasteiger charge is -2.33. The van der Waals surface area contributed by atoms with E-state index in [1.807, 2.05) is 0 Å². The van der Waals surface area contributed by atoms with Crippen LogP contribution < -0.4 is 9.80 Å². The summed E-state index contributed by atoms with van der Waals surface area (Å²) in [4.78, 5) is 5.06. The molecule has 0 aliphatic heterocycles. The molecule has 10 rings (SSSR count). The zero-order chi connectivity index (χ0) is 41.1. The minimum absolute atomic E-state index is 1.17. The van der Waals surface area contributed by atoms with Gasteiger partial charge in [-0.15, -0.1) is 0 Å². The number of para-hydroxylation sites is 2. The molecule has 10 aromatic carbocycles. The third kappa shape index (κ3) is 6.02. The van der Waals surface area contributed by atoms with Gasteiger partial charge in [0.25, 0.3) is 0 Å². The quantitative estimate of drug-likeness (QED) is 0.142. The van der Waals surface area contributed by atoms with E-state index in [1.165, 1.54) is 122 Å². The van der Waals surface area contributed by atoms with Crippen molar-refractivity contribution in [3.05, 3.63) is 215 Å². The smallest absolute Gasteiger partial charge is 0.0541 e. The molecule has 0 heterocycles. The average molecular weight is 773 g/mol. The lowest BCUT2D eigenvalue weighted by molar-refractivity contribution is 1.21. The fourth-order valence-electron chi connectivity index (χ4n) is 9.75. The second-order valence-electron chi connectivity index (χ2n) is 16.4. The maximum atomic E-state index is 2.53. The summed E-state index contributed by atoms with van der Waals surface area (Å²) in [6, 6.07) is 67.0. The molecule has 10 aromatic rings. The van der Waals surface area contributed by atoms with E-state index in [0.717, 1.165) is 0 Å². The van der Waals surface area contributed by atoms with Gasteiger partial charge in [0.15, 0.2) is 0 Å². The molecular weight excluding hydrogens is 725 g/mol. The summed E-state index contributed by atoms with van der Waals surface area (Å²) < 4.78 is 0. The maximum Gasteiger partial charge on any atom is 0.0541 e. The zero-order valence-corrected chi connectivity index (χ0v) is 35.2. The fourth-order valence-corrected chi connectivity index (χ4v) is 9.75. The highest BCUT2D eigenvalue weighted by Crippen LogP contribution is 2.51. The summed E-state index contributed by atoms with van der Waals surface area (Å²) >= 11 is 0. The molecule has 0 aromatic heterocycles. The van der Waals surface area contributed by atoms with E-state index in [1.54, 1.807) is 0 Å². The number of aryl methyl sites for hydroxylation is 4. The van der Waals surface area contributed by atoms with E-state index in [4.69, 9.17) is 0 Å². The Morgan fingerprint density at radius 2 is 0.650 bits per heavy atom. The number of nitrogens with zero attached hydrogens (tertiary/aromatic N) is 2. The van der Waals surface area contributed by atoms with Crippen molar-refractivity contribution in [2.24, 2.45) is 0 Å². The van der Waals surface area contributed by atoms with Gasteiger partial charge >= 0.3 is 0 Å². The van der Waals surface area contributed by atoms with Crippen LogP contribution >= 0.6 is 0 Å². The minimum atomic E-state index is 1.17. The topological polar surface area (TPSA) is 6.48 Å². The number of rotatable bonds is 8. The summed E-state index contributed by atoms with van der Waals surface area (Å²) in [7, 11) is 0. The molecule has 0 unspecified atom stereocenters. The Kier molecular flexibility index (Phi) is 9.22. The van der Waals surface area contributed by atoms with Crippen LogP contribution in [0.25, 0.3) is 54.6 Å². The molecule has 0 fully saturated rings. The van der Waals surface area contributed by atoms with Gasteiger partial charge in [0.2, 0.25) is 0 Å². The predicted molar refractivity (Wildman–Crippen MR) is 259 cm³/mol. The second-order valence-corrected chi connectivity index (χ2v) is 16.4. The summed E-state index contributed by atoms with van der Waals surface area (Å²) in [6.45, 7) is 13.5. The number of anilines is 6. The van der Waals surface area contributed by atoms with Crippen molar-refractivity contribution in [2.75, 3.05) is 9.80 Å². The monoisotopic (exact) mass is 772 g/mol. The van der Waals surface area contributed by atoms with E-state index >= 15 is 0 Å². The maximum absolute atomic E-state index is 2.53. The molecule has 0 aliphatic carbocycles. The summed E-state index contributed by atoms with van der Waals surface area (Å²) in [5.41, 5.74) is 19.5. The number of benzene rings is 10. The first-order valence-electron chi connectivity index (χ1n) is 21.0. The molecule has 0 saturated heterocycles. The van der Waals surface area contributed by atoms with Crippen molar-refractivity contribution in [1.82, 2.24) is 0 Å². The van der Waals surface area contributed by atoms with Crippen LogP contribution in [0.4, 0.5) is 34.1 Å². The van der Waals surface area contributed by atoms with Crippen LogP contribution in [0.5, 0.6) is 0 Å². The van der Waals surface area contributed by atoms with Crippen molar-refractivity contribution < 1.29 is 0 Å². The highest BCUT2D eigenvalue weighted by molar-refractivity contribution is 6.28. The number of hydrogen-bond acceptors (Lipinski definition) is 2. The molecule has 0 atom stereocenters. The molecule has 0 saturated carbocycles. The lowest BCUT2D eigenvalue weighted by Crippen LogP contribution is -2.15. The van der Waals surface area contributed by atoms with Crippen LogP contribution in [-0.4, -0.2) is 0 Å². The van der Waals surface area contributed by atoms with Crippen molar-refractivity contribution in [3.63, 3.8) is 0 Å².